The number of hydrogen-bond acceptors (Lipinski definition) is 1. The van der Waals surface area contributed by atoms with Crippen LogP contribution >= 0.6 is 0 Å². The molecule has 0 N–H and O–H groups in total. The summed E-state index contributed by atoms with van der Waals surface area (Å²) >= 11 is 0. The van der Waals surface area contributed by atoms with Gasteiger partial charge in [-0.05, 0) is 29.3 Å². The first kappa shape index (κ1) is 14.1. The van der Waals surface area contributed by atoms with Gasteiger partial charge in [0.25, 0.3) is 0 Å². The van der Waals surface area contributed by atoms with Crippen molar-refractivity contribution in [3.63, 3.8) is 0 Å². The van der Waals surface area contributed by atoms with Gasteiger partial charge in [0.2, 0.25) is 0 Å². The Bertz CT molecular complexity index is 610. The van der Waals surface area contributed by atoms with Crippen LogP contribution in [0.5, 0.6) is 0 Å². The van der Waals surface area contributed by atoms with E-state index in [-0.39, 0.29) is 0 Å². The summed E-state index contributed by atoms with van der Waals surface area (Å²) in [5.74, 6) is 0. The van der Waals surface area contributed by atoms with Gasteiger partial charge in [-0.3, -0.25) is 4.79 Å². The predicted molar refractivity (Wildman–Crippen MR) is 71.8 cm³/mol. The highest BCUT2D eigenvalue weighted by molar-refractivity contribution is 6.13. The lowest BCUT2D eigenvalue weighted by Gasteiger charge is -2.06. The maximum atomic E-state index is 12.4. The van der Waals surface area contributed by atoms with Gasteiger partial charge in [-0.25, -0.2) is 0 Å². The highest BCUT2D eigenvalue weighted by atomic mass is 19.4. The molecule has 0 amide bonds. The normalized spacial score (nSPS) is 12.2. The maximum absolute atomic E-state index is 12.4. The number of carbonyl (C=O) groups is 1. The van der Waals surface area contributed by atoms with Gasteiger partial charge in [0.05, 0.1) is 5.56 Å². The van der Waals surface area contributed by atoms with Crippen LogP contribution in [0.4, 0.5) is 13.2 Å². The van der Waals surface area contributed by atoms with Crippen LogP contribution in [-0.2, 0) is 11.0 Å². The fourth-order valence-corrected chi connectivity index (χ4v) is 1.76. The van der Waals surface area contributed by atoms with Crippen molar-refractivity contribution in [3.8, 4) is 0 Å². The van der Waals surface area contributed by atoms with E-state index in [0.29, 0.717) is 17.4 Å². The zero-order valence-corrected chi connectivity index (χ0v) is 10.4. The van der Waals surface area contributed by atoms with Crippen LogP contribution < -0.4 is 0 Å². The first-order chi connectivity index (χ1) is 9.50. The van der Waals surface area contributed by atoms with Crippen molar-refractivity contribution in [2.75, 3.05) is 0 Å². The van der Waals surface area contributed by atoms with E-state index in [1.165, 1.54) is 12.1 Å². The molecule has 0 atom stereocenters. The van der Waals surface area contributed by atoms with Gasteiger partial charge in [0.1, 0.15) is 0 Å². The number of aldehydes is 1. The summed E-state index contributed by atoms with van der Waals surface area (Å²) in [4.78, 5) is 11.1. The van der Waals surface area contributed by atoms with Gasteiger partial charge in [-0.1, -0.05) is 42.5 Å². The van der Waals surface area contributed by atoms with Crippen LogP contribution in [0.3, 0.4) is 0 Å². The van der Waals surface area contributed by atoms with E-state index in [1.807, 2.05) is 6.07 Å². The largest absolute Gasteiger partial charge is 0.416 e. The van der Waals surface area contributed by atoms with E-state index >= 15 is 0 Å². The Morgan fingerprint density at radius 3 is 2.00 bits per heavy atom. The molecule has 0 unspecified atom stereocenters. The van der Waals surface area contributed by atoms with Crippen molar-refractivity contribution in [2.45, 2.75) is 6.18 Å². The average molecular weight is 276 g/mol. The molecule has 2 aromatic rings. The van der Waals surface area contributed by atoms with Gasteiger partial charge in [-0.15, -0.1) is 0 Å². The molecule has 102 valence electrons. The summed E-state index contributed by atoms with van der Waals surface area (Å²) < 4.78 is 37.3. The SMILES string of the molecule is O=CC(=Cc1ccc(C(F)(F)F)cc1)c1ccccc1. The van der Waals surface area contributed by atoms with Gasteiger partial charge in [-0.2, -0.15) is 13.2 Å². The molecule has 0 aliphatic heterocycles. The Balaban J connectivity index is 2.32. The standard InChI is InChI=1S/C16H11F3O/c17-16(18,19)15-8-6-12(7-9-15)10-14(11-20)13-4-2-1-3-5-13/h1-11H. The minimum absolute atomic E-state index is 0.422. The Kier molecular flexibility index (Phi) is 4.03. The van der Waals surface area contributed by atoms with Crippen molar-refractivity contribution in [1.82, 2.24) is 0 Å². The molecule has 0 aromatic heterocycles. The fraction of sp³-hybridized carbons (Fsp3) is 0.0625. The molecule has 20 heavy (non-hydrogen) atoms. The van der Waals surface area contributed by atoms with Crippen LogP contribution in [0.25, 0.3) is 11.6 Å². The third-order valence-electron chi connectivity index (χ3n) is 2.79. The average Bonchev–Trinajstić information content (AvgIpc) is 2.45. The molecule has 0 spiro atoms. The van der Waals surface area contributed by atoms with E-state index in [0.717, 1.165) is 17.7 Å². The summed E-state index contributed by atoms with van der Waals surface area (Å²) in [6.45, 7) is 0. The molecule has 0 aliphatic carbocycles. The zero-order valence-electron chi connectivity index (χ0n) is 10.4. The molecule has 1 nitrogen and oxygen atoms in total. The van der Waals surface area contributed by atoms with E-state index < -0.39 is 11.7 Å². The van der Waals surface area contributed by atoms with Gasteiger partial charge in [0.15, 0.2) is 6.29 Å². The molecule has 0 bridgehead atoms. The van der Waals surface area contributed by atoms with Crippen LogP contribution in [0, 0.1) is 0 Å². The number of hydrogen-bond donors (Lipinski definition) is 0. The number of rotatable bonds is 3. The number of halogens is 3. The van der Waals surface area contributed by atoms with Crippen LogP contribution in [0.2, 0.25) is 0 Å². The number of benzene rings is 2. The van der Waals surface area contributed by atoms with Gasteiger partial charge >= 0.3 is 6.18 Å². The monoisotopic (exact) mass is 276 g/mol. The number of allylic oxidation sites excluding steroid dienone is 1. The Hall–Kier alpha value is -2.36. The number of carbonyl (C=O) groups excluding carboxylic acids is 1. The summed E-state index contributed by atoms with van der Waals surface area (Å²) in [5.41, 5.74) is 0.985. The van der Waals surface area contributed by atoms with Crippen molar-refractivity contribution < 1.29 is 18.0 Å². The molecule has 2 aromatic carbocycles. The number of alkyl halides is 3. The van der Waals surface area contributed by atoms with Gasteiger partial charge in [0, 0.05) is 5.57 Å². The Labute approximate surface area is 114 Å². The predicted octanol–water partition coefficient (Wildman–Crippen LogP) is 4.44. The second kappa shape index (κ2) is 5.74. The molecular formula is C16H11F3O. The third kappa shape index (κ3) is 3.35. The second-order valence-electron chi connectivity index (χ2n) is 4.20. The van der Waals surface area contributed by atoms with E-state index in [9.17, 15) is 18.0 Å². The van der Waals surface area contributed by atoms with Crippen molar-refractivity contribution in [3.05, 3.63) is 71.3 Å². The summed E-state index contributed by atoms with van der Waals surface area (Å²) in [6, 6.07) is 13.6. The molecule has 0 saturated carbocycles. The second-order valence-corrected chi connectivity index (χ2v) is 4.20. The highest BCUT2D eigenvalue weighted by Crippen LogP contribution is 2.29. The smallest absolute Gasteiger partial charge is 0.298 e. The van der Waals surface area contributed by atoms with Crippen molar-refractivity contribution in [2.24, 2.45) is 0 Å². The molecule has 0 radical (unpaired) electrons. The lowest BCUT2D eigenvalue weighted by molar-refractivity contribution is -0.137. The van der Waals surface area contributed by atoms with E-state index in [1.54, 1.807) is 30.3 Å². The molecule has 0 heterocycles. The van der Waals surface area contributed by atoms with Crippen molar-refractivity contribution >= 4 is 17.9 Å². The molecule has 0 fully saturated rings. The molecule has 0 aliphatic rings. The minimum atomic E-state index is -4.35. The topological polar surface area (TPSA) is 17.1 Å². The van der Waals surface area contributed by atoms with Crippen LogP contribution in [-0.4, -0.2) is 6.29 Å². The first-order valence-electron chi connectivity index (χ1n) is 5.90. The van der Waals surface area contributed by atoms with Crippen molar-refractivity contribution in [1.29, 1.82) is 0 Å². The summed E-state index contributed by atoms with van der Waals surface area (Å²) in [5, 5.41) is 0. The molecular weight excluding hydrogens is 265 g/mol. The lowest BCUT2D eigenvalue weighted by Crippen LogP contribution is -2.04. The molecule has 2 rings (SSSR count). The summed E-state index contributed by atoms with van der Waals surface area (Å²) in [7, 11) is 0. The fourth-order valence-electron chi connectivity index (χ4n) is 1.76. The zero-order chi connectivity index (χ0) is 14.6. The Morgan fingerprint density at radius 1 is 0.900 bits per heavy atom. The minimum Gasteiger partial charge on any atom is -0.298 e. The first-order valence-corrected chi connectivity index (χ1v) is 5.90. The quantitative estimate of drug-likeness (QED) is 0.460. The van der Waals surface area contributed by atoms with Gasteiger partial charge < -0.3 is 0 Å². The van der Waals surface area contributed by atoms with Crippen LogP contribution in [0.15, 0.2) is 54.6 Å². The van der Waals surface area contributed by atoms with E-state index in [2.05, 4.69) is 0 Å². The molecule has 0 saturated heterocycles. The van der Waals surface area contributed by atoms with E-state index in [4.69, 9.17) is 0 Å². The maximum Gasteiger partial charge on any atom is 0.416 e. The summed E-state index contributed by atoms with van der Waals surface area (Å²) in [6.07, 6.45) is -2.11. The molecule has 4 heteroatoms. The Morgan fingerprint density at radius 2 is 1.50 bits per heavy atom. The van der Waals surface area contributed by atoms with Crippen LogP contribution in [0.1, 0.15) is 16.7 Å². The highest BCUT2D eigenvalue weighted by Gasteiger charge is 2.29. The third-order valence-corrected chi connectivity index (χ3v) is 2.79. The lowest BCUT2D eigenvalue weighted by atomic mass is 10.0.